The predicted molar refractivity (Wildman–Crippen MR) is 51.4 cm³/mol. The third kappa shape index (κ3) is 2.56. The van der Waals surface area contributed by atoms with Gasteiger partial charge in [0.2, 0.25) is 0 Å². The molecule has 0 unspecified atom stereocenters. The van der Waals surface area contributed by atoms with Crippen LogP contribution in [0.5, 0.6) is 0 Å². The van der Waals surface area contributed by atoms with Gasteiger partial charge in [0.15, 0.2) is 0 Å². The molecule has 1 aromatic rings. The highest BCUT2D eigenvalue weighted by molar-refractivity contribution is 7.97. The fourth-order valence-corrected chi connectivity index (χ4v) is 1.57. The second-order valence-electron chi connectivity index (χ2n) is 1.88. The van der Waals surface area contributed by atoms with Gasteiger partial charge in [0, 0.05) is 4.90 Å². The highest BCUT2D eigenvalue weighted by atomic mass is 35.5. The summed E-state index contributed by atoms with van der Waals surface area (Å²) in [6.07, 6.45) is 0. The first-order valence-electron chi connectivity index (χ1n) is 3.02. The van der Waals surface area contributed by atoms with Crippen LogP contribution >= 0.6 is 35.1 Å². The monoisotopic (exact) mass is 207 g/mol. The third-order valence-corrected chi connectivity index (χ3v) is 2.54. The van der Waals surface area contributed by atoms with E-state index in [0.717, 1.165) is 4.90 Å². The van der Waals surface area contributed by atoms with E-state index in [1.165, 1.54) is 11.9 Å². The van der Waals surface area contributed by atoms with Crippen LogP contribution < -0.4 is 4.72 Å². The van der Waals surface area contributed by atoms with Gasteiger partial charge in [-0.1, -0.05) is 23.2 Å². The van der Waals surface area contributed by atoms with Gasteiger partial charge in [0.25, 0.3) is 0 Å². The molecule has 0 heterocycles. The molecule has 0 radical (unpaired) electrons. The lowest BCUT2D eigenvalue weighted by Crippen LogP contribution is -1.89. The van der Waals surface area contributed by atoms with Gasteiger partial charge in [-0.05, 0) is 37.2 Å². The maximum Gasteiger partial charge on any atom is 0.0603 e. The van der Waals surface area contributed by atoms with E-state index in [1.807, 2.05) is 19.2 Å². The van der Waals surface area contributed by atoms with E-state index < -0.39 is 0 Å². The van der Waals surface area contributed by atoms with Crippen molar-refractivity contribution in [1.82, 2.24) is 4.72 Å². The van der Waals surface area contributed by atoms with Gasteiger partial charge >= 0.3 is 0 Å². The molecular weight excluding hydrogens is 201 g/mol. The Bertz CT molecular complexity index is 252. The van der Waals surface area contributed by atoms with Crippen molar-refractivity contribution in [2.24, 2.45) is 0 Å². The Hall–Kier alpha value is 0.110. The second kappa shape index (κ2) is 4.21. The van der Waals surface area contributed by atoms with Crippen LogP contribution in [-0.4, -0.2) is 7.05 Å². The topological polar surface area (TPSA) is 12.0 Å². The van der Waals surface area contributed by atoms with Crippen LogP contribution in [0, 0.1) is 0 Å². The van der Waals surface area contributed by atoms with Crippen molar-refractivity contribution in [2.45, 2.75) is 4.90 Å². The molecule has 0 aliphatic rings. The Kier molecular flexibility index (Phi) is 3.52. The quantitative estimate of drug-likeness (QED) is 0.749. The van der Waals surface area contributed by atoms with Crippen molar-refractivity contribution >= 4 is 35.1 Å². The molecule has 0 aliphatic heterocycles. The number of rotatable bonds is 2. The van der Waals surface area contributed by atoms with Crippen LogP contribution in [0.4, 0.5) is 0 Å². The number of hydrogen-bond donors (Lipinski definition) is 1. The minimum atomic E-state index is 0.590. The standard InChI is InChI=1S/C7H7Cl2NS/c1-10-11-5-2-3-6(8)7(9)4-5/h2-4,10H,1H3. The van der Waals surface area contributed by atoms with E-state index >= 15 is 0 Å². The Morgan fingerprint density at radius 2 is 2.00 bits per heavy atom. The van der Waals surface area contributed by atoms with Crippen molar-refractivity contribution in [1.29, 1.82) is 0 Å². The zero-order valence-electron chi connectivity index (χ0n) is 5.90. The van der Waals surface area contributed by atoms with E-state index in [-0.39, 0.29) is 0 Å². The van der Waals surface area contributed by atoms with Crippen molar-refractivity contribution in [3.63, 3.8) is 0 Å². The van der Waals surface area contributed by atoms with Crippen LogP contribution in [0.3, 0.4) is 0 Å². The normalized spacial score (nSPS) is 10.1. The number of hydrogen-bond acceptors (Lipinski definition) is 2. The molecule has 0 saturated heterocycles. The van der Waals surface area contributed by atoms with Gasteiger partial charge in [0.05, 0.1) is 10.0 Å². The van der Waals surface area contributed by atoms with Crippen molar-refractivity contribution < 1.29 is 0 Å². The maximum absolute atomic E-state index is 5.78. The summed E-state index contributed by atoms with van der Waals surface area (Å²) in [6, 6.07) is 5.52. The molecule has 0 atom stereocenters. The fourth-order valence-electron chi connectivity index (χ4n) is 0.658. The zero-order valence-corrected chi connectivity index (χ0v) is 8.22. The highest BCUT2D eigenvalue weighted by Crippen LogP contribution is 2.26. The van der Waals surface area contributed by atoms with Crippen molar-refractivity contribution in [2.75, 3.05) is 7.05 Å². The summed E-state index contributed by atoms with van der Waals surface area (Å²) in [6.45, 7) is 0. The van der Waals surface area contributed by atoms with Gasteiger partial charge in [-0.25, -0.2) is 0 Å². The molecule has 60 valence electrons. The smallest absolute Gasteiger partial charge is 0.0603 e. The zero-order chi connectivity index (χ0) is 8.27. The molecule has 0 spiro atoms. The lowest BCUT2D eigenvalue weighted by molar-refractivity contribution is 1.28. The van der Waals surface area contributed by atoms with E-state index in [2.05, 4.69) is 4.72 Å². The summed E-state index contributed by atoms with van der Waals surface area (Å²) in [7, 11) is 1.85. The SMILES string of the molecule is CNSc1ccc(Cl)c(Cl)c1. The Morgan fingerprint density at radius 3 is 2.55 bits per heavy atom. The van der Waals surface area contributed by atoms with Crippen LogP contribution in [-0.2, 0) is 0 Å². The lowest BCUT2D eigenvalue weighted by Gasteiger charge is -1.99. The number of nitrogens with one attached hydrogen (secondary N) is 1. The molecule has 11 heavy (non-hydrogen) atoms. The summed E-state index contributed by atoms with van der Waals surface area (Å²) in [5.41, 5.74) is 0. The van der Waals surface area contributed by atoms with Crippen LogP contribution in [0.2, 0.25) is 10.0 Å². The molecule has 0 aromatic heterocycles. The lowest BCUT2D eigenvalue weighted by atomic mass is 10.4. The van der Waals surface area contributed by atoms with Crippen LogP contribution in [0.1, 0.15) is 0 Å². The van der Waals surface area contributed by atoms with Gasteiger partial charge in [0.1, 0.15) is 0 Å². The molecule has 1 rings (SSSR count). The number of benzene rings is 1. The molecule has 1 N–H and O–H groups in total. The average molecular weight is 208 g/mol. The molecule has 0 saturated carbocycles. The molecule has 0 aliphatic carbocycles. The number of halogens is 2. The van der Waals surface area contributed by atoms with Gasteiger partial charge in [-0.3, -0.25) is 4.72 Å². The van der Waals surface area contributed by atoms with Gasteiger partial charge in [-0.15, -0.1) is 0 Å². The average Bonchev–Trinajstić information content (AvgIpc) is 1.98. The molecule has 0 bridgehead atoms. The summed E-state index contributed by atoms with van der Waals surface area (Å²) in [4.78, 5) is 1.06. The van der Waals surface area contributed by atoms with Crippen LogP contribution in [0.25, 0.3) is 0 Å². The molecule has 1 nitrogen and oxygen atoms in total. The van der Waals surface area contributed by atoms with Gasteiger partial charge in [-0.2, -0.15) is 0 Å². The van der Waals surface area contributed by atoms with Crippen LogP contribution in [0.15, 0.2) is 23.1 Å². The first-order valence-corrected chi connectivity index (χ1v) is 4.60. The second-order valence-corrected chi connectivity index (χ2v) is 3.78. The third-order valence-electron chi connectivity index (χ3n) is 1.11. The minimum Gasteiger partial charge on any atom is -0.263 e. The van der Waals surface area contributed by atoms with E-state index in [0.29, 0.717) is 10.0 Å². The molecule has 0 amide bonds. The largest absolute Gasteiger partial charge is 0.263 e. The van der Waals surface area contributed by atoms with E-state index in [1.54, 1.807) is 6.07 Å². The molecule has 1 aromatic carbocycles. The first-order chi connectivity index (χ1) is 5.24. The molecular formula is C7H7Cl2NS. The Morgan fingerprint density at radius 1 is 1.27 bits per heavy atom. The Balaban J connectivity index is 2.86. The summed E-state index contributed by atoms with van der Waals surface area (Å²) in [5, 5.41) is 1.18. The molecule has 4 heteroatoms. The summed E-state index contributed by atoms with van der Waals surface area (Å²) >= 11 is 13.0. The summed E-state index contributed by atoms with van der Waals surface area (Å²) < 4.78 is 2.95. The van der Waals surface area contributed by atoms with Crippen molar-refractivity contribution in [3.8, 4) is 0 Å². The predicted octanol–water partition coefficient (Wildman–Crippen LogP) is 3.22. The fraction of sp³-hybridized carbons (Fsp3) is 0.143. The Labute approximate surface area is 80.2 Å². The maximum atomic E-state index is 5.78. The summed E-state index contributed by atoms with van der Waals surface area (Å²) in [5.74, 6) is 0. The van der Waals surface area contributed by atoms with E-state index in [4.69, 9.17) is 23.2 Å². The first kappa shape index (κ1) is 9.20. The van der Waals surface area contributed by atoms with Gasteiger partial charge < -0.3 is 0 Å². The van der Waals surface area contributed by atoms with E-state index in [9.17, 15) is 0 Å². The molecule has 0 fully saturated rings. The highest BCUT2D eigenvalue weighted by Gasteiger charge is 1.97. The van der Waals surface area contributed by atoms with Crippen molar-refractivity contribution in [3.05, 3.63) is 28.2 Å². The minimum absolute atomic E-state index is 0.590.